The Morgan fingerprint density at radius 2 is 2.60 bits per heavy atom. The van der Waals surface area contributed by atoms with E-state index in [1.165, 1.54) is 0 Å². The lowest BCUT2D eigenvalue weighted by molar-refractivity contribution is 1.14. The fourth-order valence-corrected chi connectivity index (χ4v) is 0.169. The molecule has 0 aromatic carbocycles. The van der Waals surface area contributed by atoms with Crippen LogP contribution in [0.4, 0.5) is 0 Å². The van der Waals surface area contributed by atoms with Crippen molar-refractivity contribution >= 4 is 0 Å². The van der Waals surface area contributed by atoms with Gasteiger partial charge in [-0.15, -0.1) is 0 Å². The van der Waals surface area contributed by atoms with E-state index in [1.807, 2.05) is 6.20 Å². The van der Waals surface area contributed by atoms with Crippen LogP contribution in [0.5, 0.6) is 0 Å². The van der Waals surface area contributed by atoms with Gasteiger partial charge in [0, 0.05) is 18.4 Å². The molecule has 5 heavy (non-hydrogen) atoms. The predicted molar refractivity (Wildman–Crippen MR) is 20.3 cm³/mol. The Hall–Kier alpha value is -0.500. The van der Waals surface area contributed by atoms with Gasteiger partial charge in [-0.05, 0) is 0 Å². The Bertz CT molecular complexity index is 65.3. The Labute approximate surface area is 30.7 Å². The lowest BCUT2D eigenvalue weighted by Gasteiger charge is -1.70. The second kappa shape index (κ2) is 0.723. The van der Waals surface area contributed by atoms with Gasteiger partial charge in [0.2, 0.25) is 0 Å². The van der Waals surface area contributed by atoms with Crippen LogP contribution < -0.4 is 11.1 Å². The fraction of sp³-hybridized carbons (Fsp3) is 0.333. The highest BCUT2D eigenvalue weighted by atomic mass is 15.0. The third kappa shape index (κ3) is 0.389. The van der Waals surface area contributed by atoms with Gasteiger partial charge >= 0.3 is 0 Å². The van der Waals surface area contributed by atoms with Crippen LogP contribution in [0.25, 0.3) is 0 Å². The second-order valence-corrected chi connectivity index (χ2v) is 1.02. The van der Waals surface area contributed by atoms with Crippen LogP contribution in [0, 0.1) is 0 Å². The van der Waals surface area contributed by atoms with E-state index in [4.69, 9.17) is 5.73 Å². The standard InChI is InChI=1S/C3H6N2/c4-1-3-2-5-3/h2,5H,1,4H2. The zero-order valence-electron chi connectivity index (χ0n) is 2.86. The molecule has 0 spiro atoms. The van der Waals surface area contributed by atoms with Crippen LogP contribution in [0.15, 0.2) is 11.9 Å². The van der Waals surface area contributed by atoms with Gasteiger partial charge in [-0.1, -0.05) is 0 Å². The van der Waals surface area contributed by atoms with Gasteiger partial charge in [-0.25, -0.2) is 0 Å². The van der Waals surface area contributed by atoms with Crippen LogP contribution in [0.3, 0.4) is 0 Å². The summed E-state index contributed by atoms with van der Waals surface area (Å²) in [4.78, 5) is 0. The summed E-state index contributed by atoms with van der Waals surface area (Å²) in [5.74, 6) is 0. The van der Waals surface area contributed by atoms with E-state index in [1.54, 1.807) is 0 Å². The topological polar surface area (TPSA) is 48.0 Å². The molecule has 1 rings (SSSR count). The maximum Gasteiger partial charge on any atom is 0.0448 e. The molecule has 2 heteroatoms. The molecule has 0 aromatic rings. The van der Waals surface area contributed by atoms with Gasteiger partial charge in [0.1, 0.15) is 0 Å². The average molecular weight is 70.1 g/mol. The third-order valence-corrected chi connectivity index (χ3v) is 0.568. The molecule has 0 radical (unpaired) electrons. The minimum Gasteiger partial charge on any atom is -0.361 e. The number of hydrogen-bond donors (Lipinski definition) is 2. The molecular weight excluding hydrogens is 64.0 g/mol. The molecule has 1 heterocycles. The number of nitrogens with two attached hydrogens (primary N) is 1. The highest BCUT2D eigenvalue weighted by Gasteiger charge is 1.98. The van der Waals surface area contributed by atoms with E-state index in [0.29, 0.717) is 6.54 Å². The van der Waals surface area contributed by atoms with Gasteiger partial charge in [0.25, 0.3) is 0 Å². The first kappa shape index (κ1) is 2.72. The van der Waals surface area contributed by atoms with Crippen molar-refractivity contribution in [3.8, 4) is 0 Å². The van der Waals surface area contributed by atoms with E-state index in [9.17, 15) is 0 Å². The minimum atomic E-state index is 0.667. The zero-order chi connectivity index (χ0) is 3.70. The summed E-state index contributed by atoms with van der Waals surface area (Å²) < 4.78 is 0. The van der Waals surface area contributed by atoms with Crippen molar-refractivity contribution < 1.29 is 0 Å². The zero-order valence-corrected chi connectivity index (χ0v) is 2.86. The van der Waals surface area contributed by atoms with E-state index >= 15 is 0 Å². The summed E-state index contributed by atoms with van der Waals surface area (Å²) in [5, 5.41) is 2.85. The summed E-state index contributed by atoms with van der Waals surface area (Å²) in [6.45, 7) is 0.667. The Balaban J connectivity index is 2.22. The van der Waals surface area contributed by atoms with Gasteiger partial charge in [0.05, 0.1) is 0 Å². The molecule has 1 aliphatic rings. The first-order valence-corrected chi connectivity index (χ1v) is 1.59. The molecule has 1 aliphatic heterocycles. The van der Waals surface area contributed by atoms with Gasteiger partial charge in [0.15, 0.2) is 0 Å². The van der Waals surface area contributed by atoms with Gasteiger partial charge < -0.3 is 11.1 Å². The van der Waals surface area contributed by atoms with Crippen molar-refractivity contribution in [1.29, 1.82) is 0 Å². The molecule has 28 valence electrons. The van der Waals surface area contributed by atoms with E-state index in [-0.39, 0.29) is 0 Å². The van der Waals surface area contributed by atoms with E-state index in [0.717, 1.165) is 5.70 Å². The Morgan fingerprint density at radius 3 is 2.60 bits per heavy atom. The SMILES string of the molecule is NCC1=CN1. The van der Waals surface area contributed by atoms with Crippen LogP contribution in [0.1, 0.15) is 0 Å². The smallest absolute Gasteiger partial charge is 0.0448 e. The van der Waals surface area contributed by atoms with Crippen molar-refractivity contribution in [2.75, 3.05) is 6.54 Å². The summed E-state index contributed by atoms with van der Waals surface area (Å²) in [5.41, 5.74) is 6.26. The summed E-state index contributed by atoms with van der Waals surface area (Å²) in [6, 6.07) is 0. The number of rotatable bonds is 1. The van der Waals surface area contributed by atoms with Crippen LogP contribution >= 0.6 is 0 Å². The maximum absolute atomic E-state index is 5.10. The second-order valence-electron chi connectivity index (χ2n) is 1.02. The highest BCUT2D eigenvalue weighted by molar-refractivity contribution is 5.16. The van der Waals surface area contributed by atoms with Crippen molar-refractivity contribution in [3.05, 3.63) is 11.9 Å². The van der Waals surface area contributed by atoms with E-state index in [2.05, 4.69) is 5.32 Å². The fourth-order valence-electron chi connectivity index (χ4n) is 0.169. The molecule has 0 aliphatic carbocycles. The predicted octanol–water partition coefficient (Wildman–Crippen LogP) is -0.610. The lowest BCUT2D eigenvalue weighted by Crippen LogP contribution is -1.98. The van der Waals surface area contributed by atoms with E-state index < -0.39 is 0 Å². The number of nitrogens with one attached hydrogen (secondary N) is 1. The van der Waals surface area contributed by atoms with Crippen LogP contribution in [-0.2, 0) is 0 Å². The quantitative estimate of drug-likeness (QED) is 0.432. The summed E-state index contributed by atoms with van der Waals surface area (Å²) in [7, 11) is 0. The van der Waals surface area contributed by atoms with Crippen LogP contribution in [-0.4, -0.2) is 6.54 Å². The molecule has 2 nitrogen and oxygen atoms in total. The minimum absolute atomic E-state index is 0.667. The number of hydrogen-bond acceptors (Lipinski definition) is 2. The van der Waals surface area contributed by atoms with Crippen molar-refractivity contribution in [1.82, 2.24) is 5.32 Å². The van der Waals surface area contributed by atoms with Gasteiger partial charge in [-0.2, -0.15) is 0 Å². The monoisotopic (exact) mass is 70.1 g/mol. The molecule has 0 bridgehead atoms. The molecule has 0 amide bonds. The van der Waals surface area contributed by atoms with Crippen molar-refractivity contribution in [3.63, 3.8) is 0 Å². The molecular formula is C3H6N2. The Morgan fingerprint density at radius 1 is 2.00 bits per heavy atom. The molecule has 0 saturated carbocycles. The first-order chi connectivity index (χ1) is 2.43. The van der Waals surface area contributed by atoms with Crippen molar-refractivity contribution in [2.45, 2.75) is 0 Å². The Kier molecular flexibility index (Phi) is 0.394. The van der Waals surface area contributed by atoms with Gasteiger partial charge in [-0.3, -0.25) is 0 Å². The molecule has 3 N–H and O–H groups in total. The lowest BCUT2D eigenvalue weighted by atomic mass is 10.6. The molecule has 0 saturated heterocycles. The molecule has 0 atom stereocenters. The molecule has 0 aromatic heterocycles. The maximum atomic E-state index is 5.10. The van der Waals surface area contributed by atoms with Crippen molar-refractivity contribution in [2.24, 2.45) is 5.73 Å². The summed E-state index contributed by atoms with van der Waals surface area (Å²) in [6.07, 6.45) is 1.89. The third-order valence-electron chi connectivity index (χ3n) is 0.568. The largest absolute Gasteiger partial charge is 0.361 e. The van der Waals surface area contributed by atoms with Crippen LogP contribution in [0.2, 0.25) is 0 Å². The first-order valence-electron chi connectivity index (χ1n) is 1.59. The highest BCUT2D eigenvalue weighted by Crippen LogP contribution is 1.93. The normalized spacial score (nSPS) is 16.6. The molecule has 0 fully saturated rings. The average Bonchev–Trinajstić information content (AvgIpc) is 2.12. The molecule has 0 unspecified atom stereocenters. The summed E-state index contributed by atoms with van der Waals surface area (Å²) >= 11 is 0.